The number of alkyl halides is 5. The standard InChI is InChI=1S/C16H13BrF5N3O/c17-12-13(15(18)19)24-25(14(12)8-5-6-8)7-11(26)23-10-4-2-1-3-9(10)16(20,21)22/h1-4,8,15H,5-7H2,(H,23,26). The molecule has 140 valence electrons. The summed E-state index contributed by atoms with van der Waals surface area (Å²) in [4.78, 5) is 12.2. The molecule has 1 aromatic carbocycles. The fourth-order valence-corrected chi connectivity index (χ4v) is 3.42. The number of nitrogens with zero attached hydrogens (tertiary/aromatic N) is 2. The lowest BCUT2D eigenvalue weighted by Gasteiger charge is -2.14. The van der Waals surface area contributed by atoms with Crippen molar-refractivity contribution in [2.24, 2.45) is 0 Å². The molecule has 1 fully saturated rings. The maximum Gasteiger partial charge on any atom is 0.418 e. The van der Waals surface area contributed by atoms with Crippen LogP contribution in [0.4, 0.5) is 27.6 Å². The van der Waals surface area contributed by atoms with E-state index in [9.17, 15) is 26.7 Å². The summed E-state index contributed by atoms with van der Waals surface area (Å²) in [7, 11) is 0. The lowest BCUT2D eigenvalue weighted by Crippen LogP contribution is -2.22. The van der Waals surface area contributed by atoms with Gasteiger partial charge in [0, 0.05) is 5.92 Å². The first-order chi connectivity index (χ1) is 12.2. The Morgan fingerprint density at radius 3 is 2.54 bits per heavy atom. The summed E-state index contributed by atoms with van der Waals surface area (Å²) < 4.78 is 66.3. The van der Waals surface area contributed by atoms with Gasteiger partial charge in [0.05, 0.1) is 21.4 Å². The van der Waals surface area contributed by atoms with E-state index in [2.05, 4.69) is 26.3 Å². The molecule has 0 bridgehead atoms. The van der Waals surface area contributed by atoms with E-state index in [0.717, 1.165) is 29.7 Å². The highest BCUT2D eigenvalue weighted by atomic mass is 79.9. The number of carbonyl (C=O) groups excluding carboxylic acids is 1. The minimum atomic E-state index is -4.62. The molecule has 1 heterocycles. The predicted molar refractivity (Wildman–Crippen MR) is 86.9 cm³/mol. The van der Waals surface area contributed by atoms with Gasteiger partial charge in [0.25, 0.3) is 6.43 Å². The van der Waals surface area contributed by atoms with Gasteiger partial charge in [-0.15, -0.1) is 0 Å². The molecule has 1 aliphatic carbocycles. The number of hydrogen-bond donors (Lipinski definition) is 1. The number of rotatable bonds is 5. The summed E-state index contributed by atoms with van der Waals surface area (Å²) in [6.45, 7) is -0.455. The number of hydrogen-bond acceptors (Lipinski definition) is 2. The third-order valence-corrected chi connectivity index (χ3v) is 4.74. The van der Waals surface area contributed by atoms with E-state index in [1.165, 1.54) is 12.1 Å². The van der Waals surface area contributed by atoms with Crippen LogP contribution in [-0.4, -0.2) is 15.7 Å². The Morgan fingerprint density at radius 1 is 1.31 bits per heavy atom. The number of aromatic nitrogens is 2. The van der Waals surface area contributed by atoms with Gasteiger partial charge >= 0.3 is 6.18 Å². The first-order valence-corrected chi connectivity index (χ1v) is 8.48. The number of anilines is 1. The SMILES string of the molecule is O=C(Cn1nc(C(F)F)c(Br)c1C1CC1)Nc1ccccc1C(F)(F)F. The molecular formula is C16H13BrF5N3O. The molecule has 1 aliphatic rings. The fourth-order valence-electron chi connectivity index (χ4n) is 2.64. The summed E-state index contributed by atoms with van der Waals surface area (Å²) in [6, 6.07) is 4.56. The van der Waals surface area contributed by atoms with Crippen LogP contribution in [0.2, 0.25) is 0 Å². The lowest BCUT2D eigenvalue weighted by atomic mass is 10.1. The molecule has 26 heavy (non-hydrogen) atoms. The Bertz CT molecular complexity index is 830. The van der Waals surface area contributed by atoms with Crippen molar-refractivity contribution in [2.75, 3.05) is 5.32 Å². The minimum absolute atomic E-state index is 0.0136. The highest BCUT2D eigenvalue weighted by Gasteiger charge is 2.35. The van der Waals surface area contributed by atoms with Crippen LogP contribution in [0.15, 0.2) is 28.7 Å². The second kappa shape index (κ2) is 6.98. The zero-order chi connectivity index (χ0) is 19.1. The first-order valence-electron chi connectivity index (χ1n) is 7.68. The zero-order valence-corrected chi connectivity index (χ0v) is 14.7. The summed E-state index contributed by atoms with van der Waals surface area (Å²) >= 11 is 3.09. The molecule has 0 atom stereocenters. The van der Waals surface area contributed by atoms with E-state index in [1.807, 2.05) is 0 Å². The van der Waals surface area contributed by atoms with Crippen molar-refractivity contribution < 1.29 is 26.7 Å². The van der Waals surface area contributed by atoms with Gasteiger partial charge in [0.15, 0.2) is 0 Å². The molecule has 1 amide bonds. The maximum atomic E-state index is 13.0. The number of nitrogens with one attached hydrogen (secondary N) is 1. The highest BCUT2D eigenvalue weighted by Crippen LogP contribution is 2.45. The van der Waals surface area contributed by atoms with Gasteiger partial charge in [-0.3, -0.25) is 9.48 Å². The van der Waals surface area contributed by atoms with Crippen molar-refractivity contribution in [3.8, 4) is 0 Å². The minimum Gasteiger partial charge on any atom is -0.324 e. The largest absolute Gasteiger partial charge is 0.418 e. The van der Waals surface area contributed by atoms with E-state index in [0.29, 0.717) is 5.69 Å². The molecule has 4 nitrogen and oxygen atoms in total. The van der Waals surface area contributed by atoms with Crippen molar-refractivity contribution in [1.29, 1.82) is 0 Å². The third kappa shape index (κ3) is 3.89. The maximum absolute atomic E-state index is 13.0. The van der Waals surface area contributed by atoms with Crippen LogP contribution in [0.3, 0.4) is 0 Å². The van der Waals surface area contributed by atoms with Crippen LogP contribution in [-0.2, 0) is 17.5 Å². The lowest BCUT2D eigenvalue weighted by molar-refractivity contribution is -0.137. The molecule has 0 saturated heterocycles. The van der Waals surface area contributed by atoms with E-state index >= 15 is 0 Å². The smallest absolute Gasteiger partial charge is 0.324 e. The van der Waals surface area contributed by atoms with Crippen LogP contribution in [0.25, 0.3) is 0 Å². The van der Waals surface area contributed by atoms with Gasteiger partial charge in [0.2, 0.25) is 5.91 Å². The van der Waals surface area contributed by atoms with E-state index in [1.54, 1.807) is 0 Å². The van der Waals surface area contributed by atoms with Crippen LogP contribution in [0.5, 0.6) is 0 Å². The molecule has 2 aromatic rings. The van der Waals surface area contributed by atoms with Crippen LogP contribution in [0.1, 0.15) is 42.1 Å². The zero-order valence-electron chi connectivity index (χ0n) is 13.2. The summed E-state index contributed by atoms with van der Waals surface area (Å²) in [6.07, 6.45) is -5.88. The average Bonchev–Trinajstić information content (AvgIpc) is 3.31. The Hall–Kier alpha value is -1.97. The molecule has 1 N–H and O–H groups in total. The normalized spacial score (nSPS) is 14.7. The predicted octanol–water partition coefficient (Wildman–Crippen LogP) is 5.12. The molecular weight excluding hydrogens is 425 g/mol. The third-order valence-electron chi connectivity index (χ3n) is 3.93. The fraction of sp³-hybridized carbons (Fsp3) is 0.375. The van der Waals surface area contributed by atoms with Crippen molar-refractivity contribution in [3.05, 3.63) is 45.7 Å². The van der Waals surface area contributed by atoms with Crippen LogP contribution >= 0.6 is 15.9 Å². The van der Waals surface area contributed by atoms with E-state index in [-0.39, 0.29) is 10.4 Å². The molecule has 10 heteroatoms. The molecule has 0 radical (unpaired) electrons. The van der Waals surface area contributed by atoms with Gasteiger partial charge in [-0.1, -0.05) is 12.1 Å². The van der Waals surface area contributed by atoms with Gasteiger partial charge in [-0.2, -0.15) is 18.3 Å². The Kier molecular flexibility index (Phi) is 5.05. The highest BCUT2D eigenvalue weighted by molar-refractivity contribution is 9.10. The Labute approximate surface area is 153 Å². The molecule has 1 saturated carbocycles. The monoisotopic (exact) mass is 437 g/mol. The molecule has 3 rings (SSSR count). The van der Waals surface area contributed by atoms with E-state index in [4.69, 9.17) is 0 Å². The molecule has 0 spiro atoms. The molecule has 1 aromatic heterocycles. The number of halogens is 6. The summed E-state index contributed by atoms with van der Waals surface area (Å²) in [5.41, 5.74) is -1.38. The Morgan fingerprint density at radius 2 is 1.96 bits per heavy atom. The van der Waals surface area contributed by atoms with Gasteiger partial charge < -0.3 is 5.32 Å². The number of amides is 1. The number of carbonyl (C=O) groups is 1. The second-order valence-electron chi connectivity index (χ2n) is 5.91. The summed E-state index contributed by atoms with van der Waals surface area (Å²) in [5.74, 6) is -0.765. The van der Waals surface area contributed by atoms with E-state index < -0.39 is 42.0 Å². The van der Waals surface area contributed by atoms with Crippen molar-refractivity contribution >= 4 is 27.5 Å². The van der Waals surface area contributed by atoms with Crippen molar-refractivity contribution in [3.63, 3.8) is 0 Å². The Balaban J connectivity index is 1.83. The van der Waals surface area contributed by atoms with Crippen molar-refractivity contribution in [1.82, 2.24) is 9.78 Å². The number of benzene rings is 1. The van der Waals surface area contributed by atoms with Crippen LogP contribution < -0.4 is 5.32 Å². The quantitative estimate of drug-likeness (QED) is 0.660. The van der Waals surface area contributed by atoms with Gasteiger partial charge in [0.1, 0.15) is 12.2 Å². The first kappa shape index (κ1) is 18.8. The van der Waals surface area contributed by atoms with Gasteiger partial charge in [-0.25, -0.2) is 8.78 Å². The van der Waals surface area contributed by atoms with Gasteiger partial charge in [-0.05, 0) is 40.9 Å². The van der Waals surface area contributed by atoms with Crippen LogP contribution in [0, 0.1) is 0 Å². The summed E-state index contributed by atoms with van der Waals surface area (Å²) in [5, 5.41) is 5.95. The second-order valence-corrected chi connectivity index (χ2v) is 6.70. The average molecular weight is 438 g/mol. The number of para-hydroxylation sites is 1. The van der Waals surface area contributed by atoms with Crippen molar-refractivity contribution in [2.45, 2.75) is 37.9 Å². The molecule has 0 unspecified atom stereocenters. The topological polar surface area (TPSA) is 46.9 Å². The molecule has 0 aliphatic heterocycles.